The number of aliphatic hydroxyl groups excluding tert-OH is 2. The van der Waals surface area contributed by atoms with Gasteiger partial charge in [-0.1, -0.05) is 0 Å². The Morgan fingerprint density at radius 2 is 2.15 bits per heavy atom. The maximum Gasteiger partial charge on any atom is 0.0897 e. The molecular formula is C9H20N2O2. The molecule has 0 aromatic rings. The van der Waals surface area contributed by atoms with Gasteiger partial charge in [0.25, 0.3) is 0 Å². The van der Waals surface area contributed by atoms with Crippen molar-refractivity contribution in [2.45, 2.75) is 25.0 Å². The van der Waals surface area contributed by atoms with Crippen LogP contribution in [0.3, 0.4) is 0 Å². The van der Waals surface area contributed by atoms with Gasteiger partial charge in [0.2, 0.25) is 0 Å². The van der Waals surface area contributed by atoms with Gasteiger partial charge in [-0.25, -0.2) is 0 Å². The summed E-state index contributed by atoms with van der Waals surface area (Å²) in [5.41, 5.74) is 5.65. The lowest BCUT2D eigenvalue weighted by molar-refractivity contribution is 0.0523. The summed E-state index contributed by atoms with van der Waals surface area (Å²) < 4.78 is 0. The van der Waals surface area contributed by atoms with E-state index >= 15 is 0 Å². The molecule has 4 N–H and O–H groups in total. The predicted octanol–water partition coefficient (Wildman–Crippen LogP) is -0.991. The summed E-state index contributed by atoms with van der Waals surface area (Å²) in [6.07, 6.45) is 1.86. The van der Waals surface area contributed by atoms with Crippen LogP contribution in [0.2, 0.25) is 0 Å². The van der Waals surface area contributed by atoms with Gasteiger partial charge >= 0.3 is 0 Å². The molecule has 1 aliphatic carbocycles. The lowest BCUT2D eigenvalue weighted by Crippen LogP contribution is -2.44. The van der Waals surface area contributed by atoms with Crippen molar-refractivity contribution in [3.05, 3.63) is 0 Å². The van der Waals surface area contributed by atoms with Crippen molar-refractivity contribution in [2.24, 2.45) is 11.7 Å². The van der Waals surface area contributed by atoms with Crippen molar-refractivity contribution in [2.75, 3.05) is 26.7 Å². The molecular weight excluding hydrogens is 168 g/mol. The van der Waals surface area contributed by atoms with Gasteiger partial charge in [-0.2, -0.15) is 0 Å². The fraction of sp³-hybridized carbons (Fsp3) is 1.00. The van der Waals surface area contributed by atoms with Gasteiger partial charge < -0.3 is 15.9 Å². The van der Waals surface area contributed by atoms with Crippen molar-refractivity contribution < 1.29 is 10.2 Å². The second-order valence-electron chi connectivity index (χ2n) is 3.92. The van der Waals surface area contributed by atoms with Crippen LogP contribution in [-0.4, -0.2) is 54.0 Å². The third kappa shape index (κ3) is 3.23. The molecule has 0 aromatic heterocycles. The second-order valence-corrected chi connectivity index (χ2v) is 3.92. The Kier molecular flexibility index (Phi) is 4.12. The van der Waals surface area contributed by atoms with Crippen LogP contribution in [0.5, 0.6) is 0 Å². The highest BCUT2D eigenvalue weighted by Crippen LogP contribution is 2.34. The van der Waals surface area contributed by atoms with Gasteiger partial charge in [0.1, 0.15) is 0 Å². The van der Waals surface area contributed by atoms with E-state index in [9.17, 15) is 5.11 Å². The van der Waals surface area contributed by atoms with Crippen molar-refractivity contribution >= 4 is 0 Å². The normalized spacial score (nSPS) is 21.9. The molecule has 0 saturated heterocycles. The molecule has 0 heterocycles. The summed E-state index contributed by atoms with van der Waals surface area (Å²) in [4.78, 5) is 2.05. The van der Waals surface area contributed by atoms with Crippen LogP contribution in [-0.2, 0) is 0 Å². The van der Waals surface area contributed by atoms with Gasteiger partial charge in [-0.3, -0.25) is 4.90 Å². The quantitative estimate of drug-likeness (QED) is 0.500. The monoisotopic (exact) mass is 188 g/mol. The molecule has 0 amide bonds. The summed E-state index contributed by atoms with van der Waals surface area (Å²) in [7, 11) is 1.95. The Hall–Kier alpha value is -0.160. The van der Waals surface area contributed by atoms with Crippen molar-refractivity contribution in [1.82, 2.24) is 4.90 Å². The maximum atomic E-state index is 9.24. The van der Waals surface area contributed by atoms with Crippen LogP contribution < -0.4 is 5.73 Å². The summed E-state index contributed by atoms with van der Waals surface area (Å²) in [6, 6.07) is 0.376. The fourth-order valence-corrected chi connectivity index (χ4v) is 1.74. The average Bonchev–Trinajstić information content (AvgIpc) is 2.89. The molecule has 1 fully saturated rings. The number of aliphatic hydroxyl groups is 2. The zero-order valence-corrected chi connectivity index (χ0v) is 8.19. The molecule has 2 unspecified atom stereocenters. The highest BCUT2D eigenvalue weighted by molar-refractivity contribution is 4.88. The van der Waals surface area contributed by atoms with E-state index in [0.29, 0.717) is 25.0 Å². The first kappa shape index (κ1) is 10.9. The van der Waals surface area contributed by atoms with Crippen LogP contribution >= 0.6 is 0 Å². The zero-order valence-electron chi connectivity index (χ0n) is 8.19. The number of rotatable bonds is 6. The van der Waals surface area contributed by atoms with Gasteiger partial charge in [0.05, 0.1) is 12.7 Å². The maximum absolute atomic E-state index is 9.24. The minimum atomic E-state index is -0.641. The van der Waals surface area contributed by atoms with Crippen molar-refractivity contribution in [3.63, 3.8) is 0 Å². The molecule has 0 bridgehead atoms. The zero-order chi connectivity index (χ0) is 9.84. The topological polar surface area (TPSA) is 69.7 Å². The smallest absolute Gasteiger partial charge is 0.0897 e. The summed E-state index contributed by atoms with van der Waals surface area (Å²) in [5.74, 6) is 0.709. The van der Waals surface area contributed by atoms with Gasteiger partial charge in [0, 0.05) is 19.1 Å². The average molecular weight is 188 g/mol. The Morgan fingerprint density at radius 3 is 2.54 bits per heavy atom. The van der Waals surface area contributed by atoms with E-state index in [4.69, 9.17) is 10.8 Å². The minimum absolute atomic E-state index is 0.174. The third-order valence-corrected chi connectivity index (χ3v) is 2.68. The van der Waals surface area contributed by atoms with Crippen LogP contribution in [0.25, 0.3) is 0 Å². The molecule has 0 aliphatic heterocycles. The highest BCUT2D eigenvalue weighted by Gasteiger charge is 2.33. The van der Waals surface area contributed by atoms with E-state index < -0.39 is 6.10 Å². The van der Waals surface area contributed by atoms with Crippen LogP contribution in [0.15, 0.2) is 0 Å². The van der Waals surface area contributed by atoms with Crippen molar-refractivity contribution in [1.29, 1.82) is 0 Å². The Bertz CT molecular complexity index is 151. The molecule has 0 spiro atoms. The molecule has 13 heavy (non-hydrogen) atoms. The minimum Gasteiger partial charge on any atom is -0.394 e. The van der Waals surface area contributed by atoms with Crippen molar-refractivity contribution in [3.8, 4) is 0 Å². The lowest BCUT2D eigenvalue weighted by atomic mass is 10.1. The second kappa shape index (κ2) is 4.91. The first-order valence-electron chi connectivity index (χ1n) is 4.88. The van der Waals surface area contributed by atoms with Gasteiger partial charge in [-0.15, -0.1) is 0 Å². The fourth-order valence-electron chi connectivity index (χ4n) is 1.74. The first-order valence-corrected chi connectivity index (χ1v) is 4.88. The Morgan fingerprint density at radius 1 is 1.54 bits per heavy atom. The first-order chi connectivity index (χ1) is 6.19. The highest BCUT2D eigenvalue weighted by atomic mass is 16.3. The molecule has 0 radical (unpaired) electrons. The summed E-state index contributed by atoms with van der Waals surface area (Å²) in [5, 5.41) is 17.9. The standard InChI is InChI=1S/C9H20N2O2/c1-11(5-8(13)6-12)9(4-10)7-2-3-7/h7-9,12-13H,2-6,10H2,1H3. The molecule has 0 aromatic carbocycles. The number of hydrogen-bond acceptors (Lipinski definition) is 4. The Balaban J connectivity index is 2.30. The van der Waals surface area contributed by atoms with E-state index in [-0.39, 0.29) is 6.61 Å². The van der Waals surface area contributed by atoms with Crippen LogP contribution in [0.4, 0.5) is 0 Å². The SMILES string of the molecule is CN(CC(O)CO)C(CN)C1CC1. The summed E-state index contributed by atoms with van der Waals surface area (Å²) in [6.45, 7) is 0.973. The molecule has 1 rings (SSSR count). The van der Waals surface area contributed by atoms with E-state index in [1.165, 1.54) is 12.8 Å². The largest absolute Gasteiger partial charge is 0.394 e. The molecule has 4 heteroatoms. The molecule has 1 saturated carbocycles. The third-order valence-electron chi connectivity index (χ3n) is 2.68. The van der Waals surface area contributed by atoms with Gasteiger partial charge in [-0.05, 0) is 25.8 Å². The van der Waals surface area contributed by atoms with E-state index in [1.807, 2.05) is 7.05 Å². The van der Waals surface area contributed by atoms with E-state index in [1.54, 1.807) is 0 Å². The predicted molar refractivity (Wildman–Crippen MR) is 51.3 cm³/mol. The van der Waals surface area contributed by atoms with Crippen LogP contribution in [0.1, 0.15) is 12.8 Å². The molecule has 4 nitrogen and oxygen atoms in total. The summed E-state index contributed by atoms with van der Waals surface area (Å²) >= 11 is 0. The van der Waals surface area contributed by atoms with Crippen LogP contribution in [0, 0.1) is 5.92 Å². The van der Waals surface area contributed by atoms with Gasteiger partial charge in [0.15, 0.2) is 0 Å². The molecule has 78 valence electrons. The van der Waals surface area contributed by atoms with E-state index in [0.717, 1.165) is 0 Å². The number of likely N-dealkylation sites (N-methyl/N-ethyl adjacent to an activating group) is 1. The van der Waals surface area contributed by atoms with E-state index in [2.05, 4.69) is 4.90 Å². The number of nitrogens with zero attached hydrogens (tertiary/aromatic N) is 1. The number of hydrogen-bond donors (Lipinski definition) is 3. The lowest BCUT2D eigenvalue weighted by Gasteiger charge is -2.28. The number of nitrogens with two attached hydrogens (primary N) is 1. The molecule has 1 aliphatic rings. The Labute approximate surface area is 79.3 Å². The molecule has 2 atom stereocenters.